The van der Waals surface area contributed by atoms with Gasteiger partial charge in [0.2, 0.25) is 0 Å². The molecule has 0 aliphatic carbocycles. The van der Waals surface area contributed by atoms with Crippen molar-refractivity contribution in [1.29, 1.82) is 0 Å². The van der Waals surface area contributed by atoms with Crippen molar-refractivity contribution in [2.24, 2.45) is 0 Å². The Morgan fingerprint density at radius 1 is 1.05 bits per heavy atom. The minimum atomic E-state index is -0.418. The molecule has 0 heterocycles. The standard InChI is InChI=1S/C17H19FO3/c1-20-15-9-10-16(17(18)14(15)8-5-11-19)21-12-13-6-3-2-4-7-13/h2-4,6-7,9-10,19H,5,8,11-12H2,1H3. The monoisotopic (exact) mass is 290 g/mol. The number of benzene rings is 2. The summed E-state index contributed by atoms with van der Waals surface area (Å²) in [6.07, 6.45) is 0.892. The van der Waals surface area contributed by atoms with Gasteiger partial charge in [-0.3, -0.25) is 0 Å². The zero-order chi connectivity index (χ0) is 15.1. The second-order valence-electron chi connectivity index (χ2n) is 4.66. The van der Waals surface area contributed by atoms with Crippen molar-refractivity contribution in [1.82, 2.24) is 0 Å². The maximum atomic E-state index is 14.5. The molecule has 2 aromatic carbocycles. The van der Waals surface area contributed by atoms with E-state index >= 15 is 0 Å². The number of hydrogen-bond acceptors (Lipinski definition) is 3. The van der Waals surface area contributed by atoms with Crippen LogP contribution in [-0.2, 0) is 13.0 Å². The fraction of sp³-hybridized carbons (Fsp3) is 0.294. The third kappa shape index (κ3) is 3.95. The third-order valence-corrected chi connectivity index (χ3v) is 3.21. The molecule has 0 spiro atoms. The van der Waals surface area contributed by atoms with Gasteiger partial charge >= 0.3 is 0 Å². The average molecular weight is 290 g/mol. The number of rotatable bonds is 7. The van der Waals surface area contributed by atoms with Crippen LogP contribution in [0.3, 0.4) is 0 Å². The van der Waals surface area contributed by atoms with Crippen LogP contribution >= 0.6 is 0 Å². The minimum Gasteiger partial charge on any atom is -0.496 e. The van der Waals surface area contributed by atoms with Crippen LogP contribution in [-0.4, -0.2) is 18.8 Å². The summed E-state index contributed by atoms with van der Waals surface area (Å²) in [6.45, 7) is 0.321. The quantitative estimate of drug-likeness (QED) is 0.850. The van der Waals surface area contributed by atoms with Gasteiger partial charge in [-0.2, -0.15) is 0 Å². The molecular formula is C17H19FO3. The van der Waals surface area contributed by atoms with Gasteiger partial charge in [-0.15, -0.1) is 0 Å². The molecule has 21 heavy (non-hydrogen) atoms. The Balaban J connectivity index is 2.16. The lowest BCUT2D eigenvalue weighted by molar-refractivity contribution is 0.280. The number of methoxy groups -OCH3 is 1. The first-order valence-electron chi connectivity index (χ1n) is 6.89. The van der Waals surface area contributed by atoms with Gasteiger partial charge in [0, 0.05) is 12.2 Å². The molecule has 0 fully saturated rings. The third-order valence-electron chi connectivity index (χ3n) is 3.21. The maximum absolute atomic E-state index is 14.5. The van der Waals surface area contributed by atoms with Gasteiger partial charge in [-0.1, -0.05) is 30.3 Å². The topological polar surface area (TPSA) is 38.7 Å². The van der Waals surface area contributed by atoms with E-state index in [1.807, 2.05) is 30.3 Å². The van der Waals surface area contributed by atoms with E-state index in [-0.39, 0.29) is 12.4 Å². The van der Waals surface area contributed by atoms with Crippen LogP contribution < -0.4 is 9.47 Å². The van der Waals surface area contributed by atoms with Gasteiger partial charge in [-0.05, 0) is 30.5 Å². The van der Waals surface area contributed by atoms with Crippen molar-refractivity contribution in [3.8, 4) is 11.5 Å². The van der Waals surface area contributed by atoms with Gasteiger partial charge in [0.05, 0.1) is 7.11 Å². The summed E-state index contributed by atoms with van der Waals surface area (Å²) in [7, 11) is 1.50. The number of aliphatic hydroxyl groups is 1. The smallest absolute Gasteiger partial charge is 0.171 e. The fourth-order valence-corrected chi connectivity index (χ4v) is 2.11. The Morgan fingerprint density at radius 3 is 2.43 bits per heavy atom. The zero-order valence-electron chi connectivity index (χ0n) is 12.0. The van der Waals surface area contributed by atoms with Crippen LogP contribution in [0.2, 0.25) is 0 Å². The molecule has 1 N–H and O–H groups in total. The molecular weight excluding hydrogens is 271 g/mol. The molecule has 0 radical (unpaired) electrons. The first-order chi connectivity index (χ1) is 10.3. The molecule has 0 atom stereocenters. The van der Waals surface area contributed by atoms with E-state index in [2.05, 4.69) is 0 Å². The van der Waals surface area contributed by atoms with E-state index in [1.54, 1.807) is 12.1 Å². The Labute approximate surface area is 124 Å². The molecule has 112 valence electrons. The van der Waals surface area contributed by atoms with Crippen molar-refractivity contribution in [3.05, 3.63) is 59.4 Å². The number of halogens is 1. The summed E-state index contributed by atoms with van der Waals surface area (Å²) in [5.41, 5.74) is 1.42. The molecule has 0 aromatic heterocycles. The Kier molecular flexibility index (Phi) is 5.58. The van der Waals surface area contributed by atoms with E-state index < -0.39 is 5.82 Å². The lowest BCUT2D eigenvalue weighted by Gasteiger charge is -2.13. The molecule has 0 bridgehead atoms. The van der Waals surface area contributed by atoms with Crippen LogP contribution in [0.4, 0.5) is 4.39 Å². The Hall–Kier alpha value is -2.07. The van der Waals surface area contributed by atoms with E-state index in [0.29, 0.717) is 30.8 Å². The second-order valence-corrected chi connectivity index (χ2v) is 4.66. The average Bonchev–Trinajstić information content (AvgIpc) is 2.53. The summed E-state index contributed by atoms with van der Waals surface area (Å²) in [4.78, 5) is 0. The molecule has 0 saturated carbocycles. The number of aliphatic hydroxyl groups excluding tert-OH is 1. The van der Waals surface area contributed by atoms with E-state index in [9.17, 15) is 4.39 Å². The Bertz CT molecular complexity index is 570. The van der Waals surface area contributed by atoms with Crippen molar-refractivity contribution in [2.45, 2.75) is 19.4 Å². The predicted molar refractivity (Wildman–Crippen MR) is 79.1 cm³/mol. The highest BCUT2D eigenvalue weighted by atomic mass is 19.1. The summed E-state index contributed by atoms with van der Waals surface area (Å²) >= 11 is 0. The Morgan fingerprint density at radius 2 is 1.76 bits per heavy atom. The minimum absolute atomic E-state index is 0.0116. The lowest BCUT2D eigenvalue weighted by Crippen LogP contribution is -2.03. The summed E-state index contributed by atoms with van der Waals surface area (Å²) < 4.78 is 25.2. The fourth-order valence-electron chi connectivity index (χ4n) is 2.11. The lowest BCUT2D eigenvalue weighted by atomic mass is 10.1. The summed E-state index contributed by atoms with van der Waals surface area (Å²) in [6, 6.07) is 12.9. The van der Waals surface area contributed by atoms with Gasteiger partial charge < -0.3 is 14.6 Å². The highest BCUT2D eigenvalue weighted by Gasteiger charge is 2.15. The van der Waals surface area contributed by atoms with Crippen LogP contribution in [0.25, 0.3) is 0 Å². The van der Waals surface area contributed by atoms with Crippen molar-refractivity contribution >= 4 is 0 Å². The highest BCUT2D eigenvalue weighted by Crippen LogP contribution is 2.30. The van der Waals surface area contributed by atoms with E-state index in [1.165, 1.54) is 7.11 Å². The summed E-state index contributed by atoms with van der Waals surface area (Å²) in [5.74, 6) is 0.263. The van der Waals surface area contributed by atoms with Gasteiger partial charge in [0.15, 0.2) is 11.6 Å². The van der Waals surface area contributed by atoms with Crippen molar-refractivity contribution < 1.29 is 19.0 Å². The van der Waals surface area contributed by atoms with E-state index in [4.69, 9.17) is 14.6 Å². The first kappa shape index (κ1) is 15.3. The SMILES string of the molecule is COc1ccc(OCc2ccccc2)c(F)c1CCCO. The van der Waals surface area contributed by atoms with Gasteiger partial charge in [0.25, 0.3) is 0 Å². The van der Waals surface area contributed by atoms with Crippen molar-refractivity contribution in [2.75, 3.05) is 13.7 Å². The highest BCUT2D eigenvalue weighted by molar-refractivity contribution is 5.42. The number of hydrogen-bond donors (Lipinski definition) is 1. The molecule has 3 nitrogen and oxygen atoms in total. The molecule has 2 rings (SSSR count). The molecule has 0 aliphatic heterocycles. The summed E-state index contributed by atoms with van der Waals surface area (Å²) in [5, 5.41) is 8.91. The maximum Gasteiger partial charge on any atom is 0.171 e. The first-order valence-corrected chi connectivity index (χ1v) is 6.89. The molecule has 2 aromatic rings. The largest absolute Gasteiger partial charge is 0.496 e. The van der Waals surface area contributed by atoms with Gasteiger partial charge in [-0.25, -0.2) is 4.39 Å². The molecule has 0 amide bonds. The van der Waals surface area contributed by atoms with Crippen LogP contribution in [0.15, 0.2) is 42.5 Å². The second kappa shape index (κ2) is 7.64. The van der Waals surface area contributed by atoms with Gasteiger partial charge in [0.1, 0.15) is 12.4 Å². The van der Waals surface area contributed by atoms with E-state index in [0.717, 1.165) is 5.56 Å². The van der Waals surface area contributed by atoms with Crippen molar-refractivity contribution in [3.63, 3.8) is 0 Å². The zero-order valence-corrected chi connectivity index (χ0v) is 12.0. The molecule has 0 saturated heterocycles. The molecule has 0 unspecified atom stereocenters. The predicted octanol–water partition coefficient (Wildman–Crippen LogP) is 3.34. The molecule has 0 aliphatic rings. The number of ether oxygens (including phenoxy) is 2. The van der Waals surface area contributed by atoms with Crippen LogP contribution in [0.5, 0.6) is 11.5 Å². The van der Waals surface area contributed by atoms with Crippen LogP contribution in [0, 0.1) is 5.82 Å². The normalized spacial score (nSPS) is 10.4. The molecule has 4 heteroatoms. The van der Waals surface area contributed by atoms with Crippen LogP contribution in [0.1, 0.15) is 17.5 Å².